The molecular formula is C52H51Cl6N5O11. The molecule has 0 radical (unpaired) electrons. The van der Waals surface area contributed by atoms with E-state index in [2.05, 4.69) is 16.0 Å². The molecule has 0 saturated heterocycles. The van der Waals surface area contributed by atoms with Gasteiger partial charge in [0.05, 0.1) is 36.6 Å². The van der Waals surface area contributed by atoms with Gasteiger partial charge >= 0.3 is 17.9 Å². The normalized spacial score (nSPS) is 10.4. The second-order valence-corrected chi connectivity index (χ2v) is 18.7. The smallest absolute Gasteiger partial charge is 0.322 e. The second-order valence-electron chi connectivity index (χ2n) is 16.3. The van der Waals surface area contributed by atoms with Gasteiger partial charge in [-0.2, -0.15) is 0 Å². The fourth-order valence-corrected chi connectivity index (χ4v) is 8.71. The molecule has 0 aliphatic heterocycles. The molecule has 0 atom stereocenters. The van der Waals surface area contributed by atoms with Crippen molar-refractivity contribution in [3.8, 4) is 17.2 Å². The van der Waals surface area contributed by atoms with Crippen molar-refractivity contribution >= 4 is 116 Å². The van der Waals surface area contributed by atoms with Gasteiger partial charge in [0.25, 0.3) is 11.8 Å². The van der Waals surface area contributed by atoms with Crippen LogP contribution in [-0.2, 0) is 40.6 Å². The van der Waals surface area contributed by atoms with Crippen LogP contribution in [0.3, 0.4) is 0 Å². The fraction of sp³-hybridized carbons (Fsp3) is 0.212. The molecule has 392 valence electrons. The maximum atomic E-state index is 11.9. The Bertz CT molecular complexity index is 2920. The minimum atomic E-state index is -1.15. The third-order valence-electron chi connectivity index (χ3n) is 9.72. The molecule has 10 N–H and O–H groups in total. The molecule has 6 aromatic carbocycles. The van der Waals surface area contributed by atoms with Crippen molar-refractivity contribution in [2.24, 2.45) is 0 Å². The topological polar surface area (TPSA) is 262 Å². The third kappa shape index (κ3) is 19.6. The van der Waals surface area contributed by atoms with Gasteiger partial charge in [-0.05, 0) is 139 Å². The first-order valence-corrected chi connectivity index (χ1v) is 24.3. The molecule has 0 saturated carbocycles. The maximum Gasteiger partial charge on any atom is 0.322 e. The lowest BCUT2D eigenvalue weighted by Gasteiger charge is -2.13. The number of carbonyl (C=O) groups excluding carboxylic acids is 2. The zero-order valence-corrected chi connectivity index (χ0v) is 44.7. The number of ether oxygens (including phenoxy) is 3. The number of anilines is 3. The molecule has 6 rings (SSSR count). The summed E-state index contributed by atoms with van der Waals surface area (Å²) in [5.74, 6) is -3.59. The Hall–Kier alpha value is -6.79. The molecule has 16 nitrogen and oxygen atoms in total. The number of hydrogen-bond donors (Lipinski definition) is 8. The fourth-order valence-electron chi connectivity index (χ4n) is 6.87. The average molecular weight is 1130 g/mol. The summed E-state index contributed by atoms with van der Waals surface area (Å²) in [4.78, 5) is 55.6. The Labute approximate surface area is 456 Å². The van der Waals surface area contributed by atoms with Gasteiger partial charge in [-0.15, -0.1) is 0 Å². The molecule has 0 aliphatic rings. The summed E-state index contributed by atoms with van der Waals surface area (Å²) < 4.78 is 17.1. The molecule has 0 fully saturated rings. The van der Waals surface area contributed by atoms with Crippen molar-refractivity contribution < 1.29 is 53.5 Å². The summed E-state index contributed by atoms with van der Waals surface area (Å²) in [7, 11) is 0. The van der Waals surface area contributed by atoms with Crippen molar-refractivity contribution in [2.75, 3.05) is 36.4 Å². The Kier molecular flexibility index (Phi) is 23.1. The van der Waals surface area contributed by atoms with Crippen LogP contribution in [0.2, 0.25) is 30.1 Å². The number of nitrogens with one attached hydrogen (secondary N) is 3. The standard InChI is InChI=1S/C19H20Cl2N2O4.C17H16Cl2N2O4.C16H15Cl2NO3/c1-3-22-14-5-11(2)4-12(6-14)10-27-18-15(20)7-13(8-16(18)21)19(26)23-9-17(24)25;1-9-2-10(4-12(20)3-9)8-25-16-13(18)5-11(6-14(16)19)17(24)21-7-15(22)23;1-9-2-11(4-12(19)3-9)8-22-16-13(17)5-10(6-14(16)18)7-15(20)21/h4-8,22H,3,9-10H2,1-2H3,(H,23,26)(H,24,25);2-6H,7-8,20H2,1H3,(H,21,24)(H,22,23);2-6H,7-8,19H2,1H3,(H,20,21). The molecule has 74 heavy (non-hydrogen) atoms. The summed E-state index contributed by atoms with van der Waals surface area (Å²) in [5.41, 5.74) is 20.5. The van der Waals surface area contributed by atoms with E-state index >= 15 is 0 Å². The first-order chi connectivity index (χ1) is 34.9. The van der Waals surface area contributed by atoms with E-state index in [1.165, 1.54) is 24.3 Å². The average Bonchev–Trinajstić information content (AvgIpc) is 3.28. The summed E-state index contributed by atoms with van der Waals surface area (Å²) in [6, 6.07) is 25.8. The predicted molar refractivity (Wildman–Crippen MR) is 290 cm³/mol. The van der Waals surface area contributed by atoms with Gasteiger partial charge in [0.1, 0.15) is 32.9 Å². The molecule has 0 bridgehead atoms. The summed E-state index contributed by atoms with van der Waals surface area (Å²) in [5, 5.41) is 34.9. The van der Waals surface area contributed by atoms with Crippen molar-refractivity contribution in [1.29, 1.82) is 0 Å². The van der Waals surface area contributed by atoms with E-state index in [4.69, 9.17) is 111 Å². The van der Waals surface area contributed by atoms with Gasteiger partial charge in [0.15, 0.2) is 17.2 Å². The Morgan fingerprint density at radius 2 is 0.797 bits per heavy atom. The second kappa shape index (κ2) is 28.6. The molecule has 0 aromatic heterocycles. The molecule has 0 unspecified atom stereocenters. The number of amides is 2. The van der Waals surface area contributed by atoms with E-state index in [9.17, 15) is 24.0 Å². The zero-order chi connectivity index (χ0) is 54.8. The predicted octanol–water partition coefficient (Wildman–Crippen LogP) is 11.5. The third-order valence-corrected chi connectivity index (χ3v) is 11.4. The van der Waals surface area contributed by atoms with Crippen molar-refractivity contribution in [3.63, 3.8) is 0 Å². The van der Waals surface area contributed by atoms with Crippen LogP contribution in [-0.4, -0.2) is 64.7 Å². The first kappa shape index (κ1) is 59.8. The number of aryl methyl sites for hydroxylation is 3. The number of rotatable bonds is 19. The Morgan fingerprint density at radius 1 is 0.459 bits per heavy atom. The van der Waals surface area contributed by atoms with Gasteiger partial charge in [-0.1, -0.05) is 87.8 Å². The van der Waals surface area contributed by atoms with Crippen LogP contribution < -0.4 is 41.6 Å². The number of hydrogen-bond acceptors (Lipinski definition) is 11. The van der Waals surface area contributed by atoms with Crippen LogP contribution in [0.1, 0.15) is 66.6 Å². The van der Waals surface area contributed by atoms with Crippen LogP contribution in [0.15, 0.2) is 91.0 Å². The van der Waals surface area contributed by atoms with E-state index in [1.54, 1.807) is 18.2 Å². The highest BCUT2D eigenvalue weighted by molar-refractivity contribution is 6.39. The number of halogens is 6. The highest BCUT2D eigenvalue weighted by Crippen LogP contribution is 2.37. The lowest BCUT2D eigenvalue weighted by molar-refractivity contribution is -0.137. The summed E-state index contributed by atoms with van der Waals surface area (Å²) >= 11 is 36.9. The van der Waals surface area contributed by atoms with Crippen LogP contribution in [0.5, 0.6) is 17.2 Å². The van der Waals surface area contributed by atoms with Crippen LogP contribution in [0.25, 0.3) is 0 Å². The molecule has 2 amide bonds. The van der Waals surface area contributed by atoms with Crippen LogP contribution in [0.4, 0.5) is 17.1 Å². The maximum absolute atomic E-state index is 11.9. The largest absolute Gasteiger partial charge is 0.486 e. The Balaban J connectivity index is 0.000000242. The molecule has 22 heteroatoms. The van der Waals surface area contributed by atoms with Crippen molar-refractivity contribution in [1.82, 2.24) is 10.6 Å². The van der Waals surface area contributed by atoms with Crippen molar-refractivity contribution in [2.45, 2.75) is 53.9 Å². The SMILES string of the molecule is CCNc1cc(C)cc(COc2c(Cl)cc(C(=O)NCC(=O)O)cc2Cl)c1.Cc1cc(N)cc(COc2c(Cl)cc(C(=O)NCC(=O)O)cc2Cl)c1.Cc1cc(N)cc(COc2c(Cl)cc(CC(=O)O)cc2Cl)c1. The number of carboxylic acids is 3. The number of nitrogens with two attached hydrogens (primary N) is 2. The molecule has 0 heterocycles. The van der Waals surface area contributed by atoms with Gasteiger partial charge in [0, 0.05) is 34.7 Å². The molecular weight excluding hydrogens is 1080 g/mol. The minimum Gasteiger partial charge on any atom is -0.486 e. The zero-order valence-electron chi connectivity index (χ0n) is 40.1. The van der Waals surface area contributed by atoms with E-state index in [0.29, 0.717) is 22.7 Å². The van der Waals surface area contributed by atoms with Gasteiger partial charge in [0.2, 0.25) is 0 Å². The number of benzene rings is 6. The van der Waals surface area contributed by atoms with Crippen molar-refractivity contribution in [3.05, 3.63) is 171 Å². The summed E-state index contributed by atoms with van der Waals surface area (Å²) in [6.45, 7) is 8.43. The number of aliphatic carboxylic acids is 3. The number of carboxylic acid groups (broad SMARTS) is 3. The number of nitrogen functional groups attached to an aromatic ring is 2. The first-order valence-electron chi connectivity index (χ1n) is 22.0. The lowest BCUT2D eigenvalue weighted by atomic mass is 10.1. The highest BCUT2D eigenvalue weighted by Gasteiger charge is 2.18. The van der Waals surface area contributed by atoms with Crippen LogP contribution >= 0.6 is 69.6 Å². The molecule has 0 aliphatic carbocycles. The van der Waals surface area contributed by atoms with E-state index in [-0.39, 0.29) is 79.0 Å². The minimum absolute atomic E-state index is 0.142. The van der Waals surface area contributed by atoms with Crippen LogP contribution in [0, 0.1) is 20.8 Å². The molecule has 0 spiro atoms. The van der Waals surface area contributed by atoms with Gasteiger partial charge < -0.3 is 56.9 Å². The van der Waals surface area contributed by atoms with E-state index in [0.717, 1.165) is 45.6 Å². The van der Waals surface area contributed by atoms with Gasteiger partial charge in [-0.25, -0.2) is 0 Å². The van der Waals surface area contributed by atoms with Gasteiger partial charge in [-0.3, -0.25) is 24.0 Å². The Morgan fingerprint density at radius 3 is 1.12 bits per heavy atom. The quantitative estimate of drug-likeness (QED) is 0.0351. The molecule has 6 aromatic rings. The highest BCUT2D eigenvalue weighted by atomic mass is 35.5. The summed E-state index contributed by atoms with van der Waals surface area (Å²) in [6.07, 6.45) is -0.145. The van der Waals surface area contributed by atoms with E-state index < -0.39 is 42.8 Å². The number of carbonyl (C=O) groups is 5. The van der Waals surface area contributed by atoms with E-state index in [1.807, 2.05) is 76.2 Å². The lowest BCUT2D eigenvalue weighted by Crippen LogP contribution is -2.29. The monoisotopic (exact) mass is 1130 g/mol.